The van der Waals surface area contributed by atoms with E-state index in [1.54, 1.807) is 9.58 Å². The van der Waals surface area contributed by atoms with E-state index < -0.39 is 0 Å². The first-order valence-electron chi connectivity index (χ1n) is 9.74. The SMILES string of the molecule is C=CC(=O)N1Cc2ccccc2CC1CNC(=O)Cc1nn(C)c2ccccc12. The Morgan fingerprint density at radius 2 is 1.90 bits per heavy atom. The van der Waals surface area contributed by atoms with Gasteiger partial charge in [-0.15, -0.1) is 0 Å². The molecule has 29 heavy (non-hydrogen) atoms. The van der Waals surface area contributed by atoms with E-state index in [1.165, 1.54) is 11.6 Å². The second kappa shape index (κ2) is 7.91. The highest BCUT2D eigenvalue weighted by molar-refractivity contribution is 5.88. The largest absolute Gasteiger partial charge is 0.354 e. The normalized spacial score (nSPS) is 15.8. The maximum absolute atomic E-state index is 12.6. The maximum Gasteiger partial charge on any atom is 0.246 e. The van der Waals surface area contributed by atoms with E-state index in [2.05, 4.69) is 23.1 Å². The monoisotopic (exact) mass is 388 g/mol. The summed E-state index contributed by atoms with van der Waals surface area (Å²) in [6, 6.07) is 15.9. The molecule has 1 aromatic heterocycles. The zero-order valence-electron chi connectivity index (χ0n) is 16.5. The molecule has 0 radical (unpaired) electrons. The highest BCUT2D eigenvalue weighted by Gasteiger charge is 2.28. The number of amides is 2. The van der Waals surface area contributed by atoms with Crippen LogP contribution in [0.3, 0.4) is 0 Å². The number of fused-ring (bicyclic) bond motifs is 2. The summed E-state index contributed by atoms with van der Waals surface area (Å²) in [7, 11) is 1.88. The second-order valence-electron chi connectivity index (χ2n) is 7.37. The number of carbonyl (C=O) groups excluding carboxylic acids is 2. The van der Waals surface area contributed by atoms with Gasteiger partial charge in [0.2, 0.25) is 11.8 Å². The molecule has 0 saturated carbocycles. The number of aryl methyl sites for hydroxylation is 1. The molecule has 1 N–H and O–H groups in total. The Kier molecular flexibility index (Phi) is 5.16. The first-order valence-corrected chi connectivity index (χ1v) is 9.74. The molecule has 1 aliphatic heterocycles. The zero-order valence-corrected chi connectivity index (χ0v) is 16.5. The summed E-state index contributed by atoms with van der Waals surface area (Å²) in [6.07, 6.45) is 2.26. The molecule has 1 aliphatic rings. The van der Waals surface area contributed by atoms with Gasteiger partial charge in [-0.3, -0.25) is 14.3 Å². The Balaban J connectivity index is 1.46. The number of benzene rings is 2. The van der Waals surface area contributed by atoms with Crippen LogP contribution in [0.25, 0.3) is 10.9 Å². The Morgan fingerprint density at radius 3 is 2.69 bits per heavy atom. The van der Waals surface area contributed by atoms with Crippen LogP contribution in [0.15, 0.2) is 61.2 Å². The van der Waals surface area contributed by atoms with Crippen molar-refractivity contribution >= 4 is 22.7 Å². The standard InChI is InChI=1S/C23H24N4O2/c1-3-23(29)27-15-17-9-5-4-8-16(17)12-18(27)14-24-22(28)13-20-19-10-6-7-11-21(19)26(2)25-20/h3-11,18H,1,12-15H2,2H3,(H,24,28). The van der Waals surface area contributed by atoms with Crippen molar-refractivity contribution in [3.05, 3.63) is 78.0 Å². The predicted molar refractivity (Wildman–Crippen MR) is 112 cm³/mol. The zero-order chi connectivity index (χ0) is 20.4. The number of para-hydroxylation sites is 1. The molecule has 0 spiro atoms. The number of rotatable bonds is 5. The van der Waals surface area contributed by atoms with Gasteiger partial charge in [-0.1, -0.05) is 49.0 Å². The van der Waals surface area contributed by atoms with Crippen molar-refractivity contribution in [1.82, 2.24) is 20.0 Å². The lowest BCUT2D eigenvalue weighted by Crippen LogP contribution is -2.49. The van der Waals surface area contributed by atoms with Gasteiger partial charge in [0.05, 0.1) is 23.7 Å². The molecule has 0 saturated heterocycles. The number of nitrogens with zero attached hydrogens (tertiary/aromatic N) is 3. The van der Waals surface area contributed by atoms with Gasteiger partial charge in [0.25, 0.3) is 0 Å². The van der Waals surface area contributed by atoms with Gasteiger partial charge in [0, 0.05) is 25.5 Å². The molecule has 6 nitrogen and oxygen atoms in total. The first kappa shape index (κ1) is 18.9. The summed E-state index contributed by atoms with van der Waals surface area (Å²) in [5.74, 6) is -0.215. The summed E-state index contributed by atoms with van der Waals surface area (Å²) in [5.41, 5.74) is 4.12. The molecule has 0 fully saturated rings. The Hall–Kier alpha value is -3.41. The van der Waals surface area contributed by atoms with E-state index >= 15 is 0 Å². The molecule has 0 bridgehead atoms. The van der Waals surface area contributed by atoms with Crippen LogP contribution in [0.2, 0.25) is 0 Å². The molecule has 2 heterocycles. The summed E-state index contributed by atoms with van der Waals surface area (Å²) in [4.78, 5) is 26.8. The highest BCUT2D eigenvalue weighted by atomic mass is 16.2. The molecule has 6 heteroatoms. The van der Waals surface area contributed by atoms with Crippen LogP contribution in [-0.2, 0) is 36.0 Å². The summed E-state index contributed by atoms with van der Waals surface area (Å²) < 4.78 is 1.79. The van der Waals surface area contributed by atoms with E-state index in [9.17, 15) is 9.59 Å². The van der Waals surface area contributed by atoms with Crippen LogP contribution in [0, 0.1) is 0 Å². The van der Waals surface area contributed by atoms with E-state index in [1.807, 2.05) is 49.5 Å². The predicted octanol–water partition coefficient (Wildman–Crippen LogP) is 2.37. The van der Waals surface area contributed by atoms with Crippen LogP contribution >= 0.6 is 0 Å². The molecule has 148 valence electrons. The van der Waals surface area contributed by atoms with Crippen molar-refractivity contribution in [2.24, 2.45) is 7.05 Å². The van der Waals surface area contributed by atoms with Crippen molar-refractivity contribution in [2.45, 2.75) is 25.4 Å². The van der Waals surface area contributed by atoms with E-state index in [0.29, 0.717) is 19.5 Å². The molecule has 2 amide bonds. The number of hydrogen-bond acceptors (Lipinski definition) is 3. The van der Waals surface area contributed by atoms with Crippen LogP contribution in [-0.4, -0.2) is 39.1 Å². The first-order chi connectivity index (χ1) is 14.1. The fourth-order valence-corrected chi connectivity index (χ4v) is 4.01. The van der Waals surface area contributed by atoms with Crippen LogP contribution in [0.1, 0.15) is 16.8 Å². The van der Waals surface area contributed by atoms with E-state index in [4.69, 9.17) is 0 Å². The van der Waals surface area contributed by atoms with Crippen molar-refractivity contribution in [1.29, 1.82) is 0 Å². The van der Waals surface area contributed by atoms with Crippen molar-refractivity contribution in [3.63, 3.8) is 0 Å². The van der Waals surface area contributed by atoms with Gasteiger partial charge in [-0.2, -0.15) is 5.10 Å². The third-order valence-corrected chi connectivity index (χ3v) is 5.51. The fraction of sp³-hybridized carbons (Fsp3) is 0.261. The van der Waals surface area contributed by atoms with Crippen LogP contribution < -0.4 is 5.32 Å². The van der Waals surface area contributed by atoms with Crippen LogP contribution in [0.4, 0.5) is 0 Å². The second-order valence-corrected chi connectivity index (χ2v) is 7.37. The van der Waals surface area contributed by atoms with Gasteiger partial charge in [-0.25, -0.2) is 0 Å². The van der Waals surface area contributed by atoms with E-state index in [0.717, 1.165) is 22.2 Å². The summed E-state index contributed by atoms with van der Waals surface area (Å²) >= 11 is 0. The van der Waals surface area contributed by atoms with Gasteiger partial charge in [0.1, 0.15) is 0 Å². The number of hydrogen-bond donors (Lipinski definition) is 1. The lowest BCUT2D eigenvalue weighted by molar-refractivity contribution is -0.130. The van der Waals surface area contributed by atoms with Gasteiger partial charge >= 0.3 is 0 Å². The fourth-order valence-electron chi connectivity index (χ4n) is 4.01. The maximum atomic E-state index is 12.6. The van der Waals surface area contributed by atoms with Gasteiger partial charge in [0.15, 0.2) is 0 Å². The van der Waals surface area contributed by atoms with Gasteiger partial charge in [-0.05, 0) is 29.7 Å². The number of carbonyl (C=O) groups is 2. The van der Waals surface area contributed by atoms with E-state index in [-0.39, 0.29) is 24.3 Å². The lowest BCUT2D eigenvalue weighted by atomic mass is 9.93. The Bertz CT molecular complexity index is 1090. The van der Waals surface area contributed by atoms with Crippen molar-refractivity contribution < 1.29 is 9.59 Å². The smallest absolute Gasteiger partial charge is 0.246 e. The molecule has 3 aromatic rings. The number of nitrogens with one attached hydrogen (secondary N) is 1. The Labute approximate surface area is 169 Å². The topological polar surface area (TPSA) is 67.2 Å². The molecular weight excluding hydrogens is 364 g/mol. The molecule has 2 aromatic carbocycles. The quantitative estimate of drug-likeness (QED) is 0.683. The average molecular weight is 388 g/mol. The number of aromatic nitrogens is 2. The highest BCUT2D eigenvalue weighted by Crippen LogP contribution is 2.23. The molecule has 1 atom stereocenters. The average Bonchev–Trinajstić information content (AvgIpc) is 3.06. The minimum atomic E-state index is -0.116. The summed E-state index contributed by atoms with van der Waals surface area (Å²) in [6.45, 7) is 4.55. The van der Waals surface area contributed by atoms with Crippen molar-refractivity contribution in [3.8, 4) is 0 Å². The lowest BCUT2D eigenvalue weighted by Gasteiger charge is -2.36. The summed E-state index contributed by atoms with van der Waals surface area (Å²) in [5, 5.41) is 8.47. The van der Waals surface area contributed by atoms with Crippen molar-refractivity contribution in [2.75, 3.05) is 6.54 Å². The van der Waals surface area contributed by atoms with Gasteiger partial charge < -0.3 is 10.2 Å². The molecule has 4 rings (SSSR count). The molecular formula is C23H24N4O2. The minimum Gasteiger partial charge on any atom is -0.354 e. The third-order valence-electron chi connectivity index (χ3n) is 5.51. The third kappa shape index (κ3) is 3.78. The molecule has 1 unspecified atom stereocenters. The minimum absolute atomic E-state index is 0.0974. The Morgan fingerprint density at radius 1 is 1.17 bits per heavy atom. The molecule has 0 aliphatic carbocycles. The van der Waals surface area contributed by atoms with Crippen LogP contribution in [0.5, 0.6) is 0 Å².